The van der Waals surface area contributed by atoms with E-state index >= 15 is 0 Å². The summed E-state index contributed by atoms with van der Waals surface area (Å²) in [7, 11) is 0. The Bertz CT molecular complexity index is 1010. The molecule has 136 valence electrons. The van der Waals surface area contributed by atoms with E-state index in [-0.39, 0.29) is 5.69 Å². The van der Waals surface area contributed by atoms with Gasteiger partial charge < -0.3 is 4.74 Å². The number of benzene rings is 3. The second-order valence-corrected chi connectivity index (χ2v) is 5.79. The van der Waals surface area contributed by atoms with Crippen LogP contribution in [-0.4, -0.2) is 23.1 Å². The van der Waals surface area contributed by atoms with Gasteiger partial charge in [-0.2, -0.15) is 5.10 Å². The molecule has 7 nitrogen and oxygen atoms in total. The molecular formula is C20H17N3O4. The second-order valence-electron chi connectivity index (χ2n) is 5.79. The van der Waals surface area contributed by atoms with Gasteiger partial charge in [-0.3, -0.25) is 14.9 Å². The van der Waals surface area contributed by atoms with Crippen LogP contribution in [0.1, 0.15) is 12.5 Å². The van der Waals surface area contributed by atoms with Crippen molar-refractivity contribution in [1.29, 1.82) is 0 Å². The van der Waals surface area contributed by atoms with Crippen LogP contribution in [0.25, 0.3) is 10.8 Å². The van der Waals surface area contributed by atoms with Crippen LogP contribution in [0, 0.1) is 10.1 Å². The fraction of sp³-hybridized carbons (Fsp3) is 0.100. The highest BCUT2D eigenvalue weighted by Crippen LogP contribution is 2.26. The molecule has 0 aliphatic heterocycles. The molecule has 0 radical (unpaired) electrons. The fourth-order valence-electron chi connectivity index (χ4n) is 2.56. The smallest absolute Gasteiger partial charge is 0.280 e. The normalized spacial score (nSPS) is 12.0. The van der Waals surface area contributed by atoms with Crippen molar-refractivity contribution in [3.63, 3.8) is 0 Å². The van der Waals surface area contributed by atoms with Crippen LogP contribution < -0.4 is 10.2 Å². The van der Waals surface area contributed by atoms with Gasteiger partial charge in [-0.1, -0.05) is 48.5 Å². The monoisotopic (exact) mass is 363 g/mol. The molecule has 1 atom stereocenters. The van der Waals surface area contributed by atoms with Gasteiger partial charge in [0.05, 0.1) is 16.7 Å². The number of ether oxygens (including phenoxy) is 1. The molecule has 0 aliphatic carbocycles. The molecule has 0 unspecified atom stereocenters. The molecule has 0 aromatic heterocycles. The maximum atomic E-state index is 12.2. The average molecular weight is 363 g/mol. The number of amides is 1. The van der Waals surface area contributed by atoms with E-state index in [0.717, 1.165) is 10.8 Å². The Morgan fingerprint density at radius 1 is 1.11 bits per heavy atom. The van der Waals surface area contributed by atoms with Gasteiger partial charge in [0.2, 0.25) is 0 Å². The molecule has 0 saturated heterocycles. The first-order valence-electron chi connectivity index (χ1n) is 8.27. The molecule has 0 fully saturated rings. The standard InChI is InChI=1S/C20H17N3O4/c1-14(27-19-12-6-9-15-7-2-4-10-17(15)19)20(24)22-21-13-16-8-3-5-11-18(16)23(25)26/h2-14H,1H3,(H,22,24)/t14-/m0/s1. The van der Waals surface area contributed by atoms with Gasteiger partial charge in [0.15, 0.2) is 6.10 Å². The molecule has 3 aromatic carbocycles. The number of carbonyl (C=O) groups is 1. The molecule has 0 heterocycles. The first kappa shape index (κ1) is 18.1. The van der Waals surface area contributed by atoms with Crippen LogP contribution in [0.5, 0.6) is 5.75 Å². The zero-order valence-corrected chi connectivity index (χ0v) is 14.5. The van der Waals surface area contributed by atoms with E-state index in [9.17, 15) is 14.9 Å². The minimum absolute atomic E-state index is 0.0875. The number of hydrogen-bond donors (Lipinski definition) is 1. The molecule has 3 aromatic rings. The van der Waals surface area contributed by atoms with Crippen molar-refractivity contribution in [2.45, 2.75) is 13.0 Å². The number of nitrogens with one attached hydrogen (secondary N) is 1. The van der Waals surface area contributed by atoms with E-state index in [2.05, 4.69) is 10.5 Å². The Kier molecular flexibility index (Phi) is 5.41. The number of hydrazone groups is 1. The van der Waals surface area contributed by atoms with Gasteiger partial charge in [-0.05, 0) is 24.4 Å². The molecule has 0 spiro atoms. The quantitative estimate of drug-likeness (QED) is 0.411. The largest absolute Gasteiger partial charge is 0.480 e. The summed E-state index contributed by atoms with van der Waals surface area (Å²) < 4.78 is 5.76. The highest BCUT2D eigenvalue weighted by Gasteiger charge is 2.16. The van der Waals surface area contributed by atoms with Crippen LogP contribution in [0.4, 0.5) is 5.69 Å². The molecule has 0 bridgehead atoms. The SMILES string of the molecule is C[C@H](Oc1cccc2ccccc12)C(=O)NN=Cc1ccccc1[N+](=O)[O-]. The Labute approximate surface area is 155 Å². The molecule has 27 heavy (non-hydrogen) atoms. The van der Waals surface area contributed by atoms with E-state index in [4.69, 9.17) is 4.74 Å². The summed E-state index contributed by atoms with van der Waals surface area (Å²) in [6.07, 6.45) is 0.444. The van der Waals surface area contributed by atoms with Crippen LogP contribution in [0.2, 0.25) is 0 Å². The number of nitrogens with zero attached hydrogens (tertiary/aromatic N) is 2. The van der Waals surface area contributed by atoms with Crippen LogP contribution >= 0.6 is 0 Å². The molecule has 1 N–H and O–H groups in total. The minimum atomic E-state index is -0.793. The second kappa shape index (κ2) is 8.09. The molecule has 0 saturated carbocycles. The zero-order valence-electron chi connectivity index (χ0n) is 14.5. The third-order valence-corrected chi connectivity index (χ3v) is 3.93. The van der Waals surface area contributed by atoms with Crippen molar-refractivity contribution in [1.82, 2.24) is 5.43 Å². The number of fused-ring (bicyclic) bond motifs is 1. The summed E-state index contributed by atoms with van der Waals surface area (Å²) in [5, 5.41) is 16.7. The topological polar surface area (TPSA) is 93.8 Å². The van der Waals surface area contributed by atoms with Crippen LogP contribution in [0.15, 0.2) is 71.8 Å². The van der Waals surface area contributed by atoms with Gasteiger partial charge in [0.1, 0.15) is 5.75 Å². The zero-order chi connectivity index (χ0) is 19.2. The first-order chi connectivity index (χ1) is 13.1. The first-order valence-corrected chi connectivity index (χ1v) is 8.27. The maximum Gasteiger partial charge on any atom is 0.280 e. The van der Waals surface area contributed by atoms with Crippen LogP contribution in [0.3, 0.4) is 0 Å². The number of hydrogen-bond acceptors (Lipinski definition) is 5. The van der Waals surface area contributed by atoms with Gasteiger partial charge in [-0.15, -0.1) is 0 Å². The summed E-state index contributed by atoms with van der Waals surface area (Å²) in [5.41, 5.74) is 2.56. The summed E-state index contributed by atoms with van der Waals surface area (Å²) in [5.74, 6) is 0.135. The number of rotatable bonds is 6. The summed E-state index contributed by atoms with van der Waals surface area (Å²) >= 11 is 0. The average Bonchev–Trinajstić information content (AvgIpc) is 2.68. The Balaban J connectivity index is 1.67. The van der Waals surface area contributed by atoms with Crippen LogP contribution in [-0.2, 0) is 4.79 Å². The van der Waals surface area contributed by atoms with Gasteiger partial charge >= 0.3 is 0 Å². The summed E-state index contributed by atoms with van der Waals surface area (Å²) in [6.45, 7) is 1.61. The third kappa shape index (κ3) is 4.27. The molecule has 1 amide bonds. The van der Waals surface area contributed by atoms with E-state index < -0.39 is 16.9 Å². The molecule has 0 aliphatic rings. The van der Waals surface area contributed by atoms with E-state index in [1.807, 2.05) is 36.4 Å². The fourth-order valence-corrected chi connectivity index (χ4v) is 2.56. The van der Waals surface area contributed by atoms with Crippen molar-refractivity contribution >= 4 is 28.6 Å². The van der Waals surface area contributed by atoms with Gasteiger partial charge in [0, 0.05) is 11.5 Å². The minimum Gasteiger partial charge on any atom is -0.480 e. The van der Waals surface area contributed by atoms with E-state index in [1.54, 1.807) is 31.2 Å². The third-order valence-electron chi connectivity index (χ3n) is 3.93. The molecular weight excluding hydrogens is 346 g/mol. The highest BCUT2D eigenvalue weighted by molar-refractivity contribution is 5.90. The Hall–Kier alpha value is -3.74. The maximum absolute atomic E-state index is 12.2. The Morgan fingerprint density at radius 3 is 2.63 bits per heavy atom. The lowest BCUT2D eigenvalue weighted by atomic mass is 10.1. The van der Waals surface area contributed by atoms with Crippen molar-refractivity contribution in [3.8, 4) is 5.75 Å². The van der Waals surface area contributed by atoms with Crippen molar-refractivity contribution in [2.24, 2.45) is 5.10 Å². The number of nitro groups is 1. The van der Waals surface area contributed by atoms with Gasteiger partial charge in [0.25, 0.3) is 11.6 Å². The number of para-hydroxylation sites is 1. The lowest BCUT2D eigenvalue weighted by molar-refractivity contribution is -0.385. The van der Waals surface area contributed by atoms with Gasteiger partial charge in [-0.25, -0.2) is 5.43 Å². The van der Waals surface area contributed by atoms with Crippen molar-refractivity contribution in [3.05, 3.63) is 82.4 Å². The highest BCUT2D eigenvalue weighted by atomic mass is 16.6. The predicted octanol–water partition coefficient (Wildman–Crippen LogP) is 3.67. The Morgan fingerprint density at radius 2 is 1.81 bits per heavy atom. The number of carbonyl (C=O) groups excluding carboxylic acids is 1. The summed E-state index contributed by atoms with van der Waals surface area (Å²) in [4.78, 5) is 22.7. The summed E-state index contributed by atoms with van der Waals surface area (Å²) in [6, 6.07) is 19.5. The van der Waals surface area contributed by atoms with E-state index in [0.29, 0.717) is 11.3 Å². The molecule has 3 rings (SSSR count). The lowest BCUT2D eigenvalue weighted by Crippen LogP contribution is -2.33. The lowest BCUT2D eigenvalue weighted by Gasteiger charge is -2.14. The van der Waals surface area contributed by atoms with Crippen molar-refractivity contribution in [2.75, 3.05) is 0 Å². The van der Waals surface area contributed by atoms with Crippen molar-refractivity contribution < 1.29 is 14.5 Å². The number of nitro benzene ring substituents is 1. The predicted molar refractivity (Wildman–Crippen MR) is 103 cm³/mol. The molecule has 7 heteroatoms. The van der Waals surface area contributed by atoms with E-state index in [1.165, 1.54) is 12.3 Å².